The molecule has 0 unspecified atom stereocenters. The second-order valence-corrected chi connectivity index (χ2v) is 6.24. The first-order valence-corrected chi connectivity index (χ1v) is 8.71. The molecule has 0 radical (unpaired) electrons. The minimum atomic E-state index is -0.646. The molecule has 0 saturated carbocycles. The average Bonchev–Trinajstić information content (AvgIpc) is 3.16. The summed E-state index contributed by atoms with van der Waals surface area (Å²) in [5.74, 6) is -0.0829. The highest BCUT2D eigenvalue weighted by atomic mass is 16.5. The van der Waals surface area contributed by atoms with Crippen molar-refractivity contribution in [1.29, 1.82) is 0 Å². The Morgan fingerprint density at radius 3 is 2.67 bits per heavy atom. The van der Waals surface area contributed by atoms with E-state index in [9.17, 15) is 9.90 Å². The van der Waals surface area contributed by atoms with E-state index in [4.69, 9.17) is 10.5 Å². The van der Waals surface area contributed by atoms with Crippen molar-refractivity contribution in [1.82, 2.24) is 14.5 Å². The number of ether oxygens (including phenoxy) is 1. The fraction of sp³-hybridized carbons (Fsp3) is 0.250. The molecule has 7 heteroatoms. The maximum Gasteiger partial charge on any atom is 0.268 e. The molecule has 2 heterocycles. The van der Waals surface area contributed by atoms with E-state index in [1.54, 1.807) is 17.6 Å². The Morgan fingerprint density at radius 1 is 1.22 bits per heavy atom. The molecule has 7 nitrogen and oxygen atoms in total. The molecular weight excluding hydrogens is 344 g/mol. The zero-order valence-corrected chi connectivity index (χ0v) is 15.0. The van der Waals surface area contributed by atoms with E-state index in [0.29, 0.717) is 18.9 Å². The monoisotopic (exact) mass is 366 g/mol. The Balaban J connectivity index is 1.64. The lowest BCUT2D eigenvalue weighted by Gasteiger charge is -2.21. The largest absolute Gasteiger partial charge is 0.478 e. The fourth-order valence-corrected chi connectivity index (χ4v) is 2.83. The number of carbonyl (C=O) groups excluding carboxylic acids is 1. The van der Waals surface area contributed by atoms with Gasteiger partial charge in [0.2, 0.25) is 5.88 Å². The number of nitrogens with two attached hydrogens (primary N) is 1. The van der Waals surface area contributed by atoms with Gasteiger partial charge in [-0.3, -0.25) is 4.79 Å². The van der Waals surface area contributed by atoms with Crippen molar-refractivity contribution < 1.29 is 14.6 Å². The Hall–Kier alpha value is -3.19. The molecule has 0 aliphatic heterocycles. The summed E-state index contributed by atoms with van der Waals surface area (Å²) in [6.45, 7) is 2.04. The molecule has 140 valence electrons. The van der Waals surface area contributed by atoms with Crippen molar-refractivity contribution in [2.75, 3.05) is 6.61 Å². The molecule has 2 aromatic heterocycles. The van der Waals surface area contributed by atoms with Gasteiger partial charge in [0.15, 0.2) is 0 Å². The van der Waals surface area contributed by atoms with Crippen molar-refractivity contribution in [2.45, 2.75) is 25.5 Å². The summed E-state index contributed by atoms with van der Waals surface area (Å²) in [6.07, 6.45) is 2.90. The molecule has 2 atom stereocenters. The molecule has 1 amide bonds. The van der Waals surface area contributed by atoms with Gasteiger partial charge in [0.1, 0.15) is 5.69 Å². The highest BCUT2D eigenvalue weighted by Gasteiger charge is 2.19. The van der Waals surface area contributed by atoms with Crippen LogP contribution in [0.3, 0.4) is 0 Å². The van der Waals surface area contributed by atoms with Crippen LogP contribution in [-0.2, 0) is 0 Å². The molecule has 27 heavy (non-hydrogen) atoms. The molecular formula is C20H22N4O3. The third-order valence-electron chi connectivity index (χ3n) is 4.25. The van der Waals surface area contributed by atoms with Crippen molar-refractivity contribution >= 4 is 5.91 Å². The van der Waals surface area contributed by atoms with E-state index in [-0.39, 0.29) is 11.7 Å². The van der Waals surface area contributed by atoms with Crippen LogP contribution in [-0.4, -0.2) is 38.3 Å². The van der Waals surface area contributed by atoms with Crippen molar-refractivity contribution in [3.05, 3.63) is 66.7 Å². The SMILES string of the molecule is C[C@H](O)[C@@H](CCOc1cccc(-c2ccccc2)n1)n1cnc(C(N)=O)c1. The number of pyridine rings is 1. The normalized spacial score (nSPS) is 13.1. The van der Waals surface area contributed by atoms with Gasteiger partial charge in [-0.1, -0.05) is 36.4 Å². The third kappa shape index (κ3) is 4.71. The topological polar surface area (TPSA) is 103 Å². The molecule has 0 fully saturated rings. The van der Waals surface area contributed by atoms with Gasteiger partial charge >= 0.3 is 0 Å². The number of primary amides is 1. The number of hydrogen-bond acceptors (Lipinski definition) is 5. The highest BCUT2D eigenvalue weighted by Crippen LogP contribution is 2.21. The lowest BCUT2D eigenvalue weighted by molar-refractivity contribution is 0.0993. The third-order valence-corrected chi connectivity index (χ3v) is 4.25. The first kappa shape index (κ1) is 18.6. The summed E-state index contributed by atoms with van der Waals surface area (Å²) in [7, 11) is 0. The smallest absolute Gasteiger partial charge is 0.268 e. The summed E-state index contributed by atoms with van der Waals surface area (Å²) < 4.78 is 7.46. The fourth-order valence-electron chi connectivity index (χ4n) is 2.83. The number of aliphatic hydroxyl groups is 1. The van der Waals surface area contributed by atoms with Gasteiger partial charge in [0.25, 0.3) is 5.91 Å². The Kier molecular flexibility index (Phi) is 5.83. The minimum absolute atomic E-state index is 0.166. The van der Waals surface area contributed by atoms with Gasteiger partial charge in [-0.15, -0.1) is 0 Å². The first-order valence-electron chi connectivity index (χ1n) is 8.71. The summed E-state index contributed by atoms with van der Waals surface area (Å²) in [6, 6.07) is 15.2. The number of nitrogens with zero attached hydrogens (tertiary/aromatic N) is 3. The number of aromatic nitrogens is 3. The molecule has 0 aliphatic rings. The Labute approximate surface area is 157 Å². The van der Waals surface area contributed by atoms with E-state index in [1.807, 2.05) is 42.5 Å². The van der Waals surface area contributed by atoms with Gasteiger partial charge in [-0.2, -0.15) is 0 Å². The van der Waals surface area contributed by atoms with Gasteiger partial charge < -0.3 is 20.1 Å². The van der Waals surface area contributed by atoms with E-state index in [2.05, 4.69) is 9.97 Å². The quantitative estimate of drug-likeness (QED) is 0.637. The molecule has 3 aromatic rings. The first-order chi connectivity index (χ1) is 13.0. The maximum absolute atomic E-state index is 11.2. The summed E-state index contributed by atoms with van der Waals surface area (Å²) in [5.41, 5.74) is 7.25. The van der Waals surface area contributed by atoms with Gasteiger partial charge in [0, 0.05) is 24.2 Å². The van der Waals surface area contributed by atoms with E-state index < -0.39 is 12.0 Å². The average molecular weight is 366 g/mol. The summed E-state index contributed by atoms with van der Waals surface area (Å²) in [4.78, 5) is 19.7. The van der Waals surface area contributed by atoms with Crippen molar-refractivity contribution in [3.8, 4) is 17.1 Å². The van der Waals surface area contributed by atoms with Gasteiger partial charge in [-0.05, 0) is 13.0 Å². The minimum Gasteiger partial charge on any atom is -0.478 e. The number of benzene rings is 1. The van der Waals surface area contributed by atoms with Crippen LogP contribution < -0.4 is 10.5 Å². The van der Waals surface area contributed by atoms with Crippen molar-refractivity contribution in [3.63, 3.8) is 0 Å². The zero-order valence-electron chi connectivity index (χ0n) is 15.0. The molecule has 3 N–H and O–H groups in total. The number of imidazole rings is 1. The summed E-state index contributed by atoms with van der Waals surface area (Å²) in [5, 5.41) is 10.1. The number of aliphatic hydroxyl groups excluding tert-OH is 1. The molecule has 1 aromatic carbocycles. The molecule has 0 spiro atoms. The number of amides is 1. The van der Waals surface area contributed by atoms with Gasteiger partial charge in [-0.25, -0.2) is 9.97 Å². The van der Waals surface area contributed by atoms with Crippen LogP contribution in [0.4, 0.5) is 0 Å². The molecule has 0 bridgehead atoms. The predicted octanol–water partition coefficient (Wildman–Crippen LogP) is 2.43. The van der Waals surface area contributed by atoms with Crippen LogP contribution in [0.5, 0.6) is 5.88 Å². The van der Waals surface area contributed by atoms with E-state index in [1.165, 1.54) is 12.5 Å². The van der Waals surface area contributed by atoms with Crippen LogP contribution in [0, 0.1) is 0 Å². The van der Waals surface area contributed by atoms with Crippen LogP contribution in [0.1, 0.15) is 29.9 Å². The second kappa shape index (κ2) is 8.46. The standard InChI is InChI=1S/C20H22N4O3/c1-14(25)18(24-12-17(20(21)26)22-13-24)10-11-27-19-9-5-8-16(23-19)15-6-3-2-4-7-15/h2-9,12-14,18,25H,10-11H2,1H3,(H2,21,26)/t14-,18+/m0/s1. The zero-order chi connectivity index (χ0) is 19.2. The lowest BCUT2D eigenvalue weighted by Crippen LogP contribution is -2.23. The van der Waals surface area contributed by atoms with Crippen molar-refractivity contribution in [2.24, 2.45) is 5.73 Å². The Morgan fingerprint density at radius 2 is 2.00 bits per heavy atom. The predicted molar refractivity (Wildman–Crippen MR) is 101 cm³/mol. The maximum atomic E-state index is 11.2. The van der Waals surface area contributed by atoms with Crippen LogP contribution in [0.25, 0.3) is 11.3 Å². The molecule has 0 aliphatic carbocycles. The van der Waals surface area contributed by atoms with Gasteiger partial charge in [0.05, 0.1) is 30.8 Å². The highest BCUT2D eigenvalue weighted by molar-refractivity contribution is 5.90. The number of rotatable bonds is 8. The van der Waals surface area contributed by atoms with Crippen LogP contribution in [0.2, 0.25) is 0 Å². The lowest BCUT2D eigenvalue weighted by atomic mass is 10.1. The second-order valence-electron chi connectivity index (χ2n) is 6.24. The number of carbonyl (C=O) groups is 1. The Bertz CT molecular complexity index is 893. The summed E-state index contributed by atoms with van der Waals surface area (Å²) >= 11 is 0. The van der Waals surface area contributed by atoms with Crippen LogP contribution >= 0.6 is 0 Å². The van der Waals surface area contributed by atoms with Crippen LogP contribution in [0.15, 0.2) is 61.1 Å². The molecule has 3 rings (SSSR count). The van der Waals surface area contributed by atoms with E-state index >= 15 is 0 Å². The number of hydrogen-bond donors (Lipinski definition) is 2. The molecule has 0 saturated heterocycles. The van der Waals surface area contributed by atoms with E-state index in [0.717, 1.165) is 11.3 Å².